The molecule has 0 saturated carbocycles. The standard InChI is InChI=1S/C7H16FNO/c1-7(2,9-3)6(8)5-10-4/h6,9H,5H2,1-4H3. The Morgan fingerprint density at radius 2 is 2.10 bits per heavy atom. The van der Waals surface area contributed by atoms with Crippen LogP contribution in [0.4, 0.5) is 4.39 Å². The number of hydrogen-bond donors (Lipinski definition) is 1. The SMILES string of the molecule is CNC(C)(C)C(F)COC. The highest BCUT2D eigenvalue weighted by Gasteiger charge is 2.26. The van der Waals surface area contributed by atoms with E-state index in [0.29, 0.717) is 0 Å². The van der Waals surface area contributed by atoms with Crippen molar-refractivity contribution in [3.8, 4) is 0 Å². The molecule has 0 saturated heterocycles. The summed E-state index contributed by atoms with van der Waals surface area (Å²) >= 11 is 0. The summed E-state index contributed by atoms with van der Waals surface area (Å²) in [6, 6.07) is 0. The van der Waals surface area contributed by atoms with Crippen molar-refractivity contribution in [2.45, 2.75) is 25.6 Å². The normalized spacial score (nSPS) is 15.3. The first-order valence-electron chi connectivity index (χ1n) is 3.36. The molecule has 1 unspecified atom stereocenters. The second kappa shape index (κ2) is 3.88. The fraction of sp³-hybridized carbons (Fsp3) is 1.00. The molecule has 1 atom stereocenters. The molecule has 0 fully saturated rings. The van der Waals surface area contributed by atoms with Gasteiger partial charge in [-0.2, -0.15) is 0 Å². The molecule has 0 aromatic heterocycles. The van der Waals surface area contributed by atoms with Gasteiger partial charge >= 0.3 is 0 Å². The lowest BCUT2D eigenvalue weighted by atomic mass is 10.00. The summed E-state index contributed by atoms with van der Waals surface area (Å²) in [7, 11) is 3.24. The minimum absolute atomic E-state index is 0.147. The van der Waals surface area contributed by atoms with Gasteiger partial charge in [-0.15, -0.1) is 0 Å². The maximum atomic E-state index is 13.0. The first-order valence-corrected chi connectivity index (χ1v) is 3.36. The topological polar surface area (TPSA) is 21.3 Å². The zero-order valence-electron chi connectivity index (χ0n) is 7.07. The average Bonchev–Trinajstić information content (AvgIpc) is 1.89. The molecule has 10 heavy (non-hydrogen) atoms. The van der Waals surface area contributed by atoms with E-state index in [1.165, 1.54) is 7.11 Å². The van der Waals surface area contributed by atoms with Gasteiger partial charge in [-0.05, 0) is 20.9 Å². The van der Waals surface area contributed by atoms with Gasteiger partial charge < -0.3 is 10.1 Å². The predicted molar refractivity (Wildman–Crippen MR) is 39.9 cm³/mol. The smallest absolute Gasteiger partial charge is 0.141 e. The summed E-state index contributed by atoms with van der Waals surface area (Å²) in [4.78, 5) is 0. The van der Waals surface area contributed by atoms with Gasteiger partial charge in [0.25, 0.3) is 0 Å². The number of nitrogens with one attached hydrogen (secondary N) is 1. The van der Waals surface area contributed by atoms with E-state index < -0.39 is 11.7 Å². The van der Waals surface area contributed by atoms with Crippen molar-refractivity contribution in [1.82, 2.24) is 5.32 Å². The molecule has 2 nitrogen and oxygen atoms in total. The number of halogens is 1. The van der Waals surface area contributed by atoms with Gasteiger partial charge in [0, 0.05) is 12.6 Å². The van der Waals surface area contributed by atoms with Gasteiger partial charge in [0.15, 0.2) is 0 Å². The van der Waals surface area contributed by atoms with Crippen molar-refractivity contribution in [2.75, 3.05) is 20.8 Å². The molecule has 3 heteroatoms. The van der Waals surface area contributed by atoms with Crippen LogP contribution < -0.4 is 5.32 Å². The number of ether oxygens (including phenoxy) is 1. The minimum atomic E-state index is -0.956. The quantitative estimate of drug-likeness (QED) is 0.643. The largest absolute Gasteiger partial charge is 0.382 e. The monoisotopic (exact) mass is 149 g/mol. The van der Waals surface area contributed by atoms with Gasteiger partial charge in [-0.3, -0.25) is 0 Å². The van der Waals surface area contributed by atoms with Gasteiger partial charge in [-0.1, -0.05) is 0 Å². The molecule has 0 spiro atoms. The van der Waals surface area contributed by atoms with Crippen LogP contribution in [0.25, 0.3) is 0 Å². The van der Waals surface area contributed by atoms with Crippen molar-refractivity contribution in [3.63, 3.8) is 0 Å². The van der Waals surface area contributed by atoms with Crippen LogP contribution in [0.15, 0.2) is 0 Å². The van der Waals surface area contributed by atoms with Crippen molar-refractivity contribution in [1.29, 1.82) is 0 Å². The molecule has 0 rings (SSSR count). The van der Waals surface area contributed by atoms with Crippen LogP contribution >= 0.6 is 0 Å². The second-order valence-corrected chi connectivity index (χ2v) is 2.89. The van der Waals surface area contributed by atoms with Gasteiger partial charge in [-0.25, -0.2) is 4.39 Å². The summed E-state index contributed by atoms with van der Waals surface area (Å²) < 4.78 is 17.7. The van der Waals surface area contributed by atoms with Crippen molar-refractivity contribution in [3.05, 3.63) is 0 Å². The van der Waals surface area contributed by atoms with E-state index in [1.54, 1.807) is 20.9 Å². The Balaban J connectivity index is 3.78. The summed E-state index contributed by atoms with van der Waals surface area (Å²) in [5, 5.41) is 2.87. The second-order valence-electron chi connectivity index (χ2n) is 2.89. The molecule has 0 bridgehead atoms. The van der Waals surface area contributed by atoms with Crippen LogP contribution in [0.1, 0.15) is 13.8 Å². The molecule has 0 aromatic carbocycles. The molecule has 0 aliphatic carbocycles. The van der Waals surface area contributed by atoms with Crippen molar-refractivity contribution < 1.29 is 9.13 Å². The Kier molecular flexibility index (Phi) is 3.83. The third kappa shape index (κ3) is 2.62. The summed E-state index contributed by atoms with van der Waals surface area (Å²) in [6.07, 6.45) is -0.956. The van der Waals surface area contributed by atoms with Crippen LogP contribution in [0.2, 0.25) is 0 Å². The van der Waals surface area contributed by atoms with Crippen LogP contribution in [0.5, 0.6) is 0 Å². The van der Waals surface area contributed by atoms with Gasteiger partial charge in [0.05, 0.1) is 6.61 Å². The summed E-state index contributed by atoms with van der Waals surface area (Å²) in [6.45, 7) is 3.75. The van der Waals surface area contributed by atoms with Crippen molar-refractivity contribution >= 4 is 0 Å². The maximum Gasteiger partial charge on any atom is 0.141 e. The number of rotatable bonds is 4. The number of hydrogen-bond acceptors (Lipinski definition) is 2. The average molecular weight is 149 g/mol. The van der Waals surface area contributed by atoms with E-state index >= 15 is 0 Å². The van der Waals surface area contributed by atoms with Crippen LogP contribution in [0, 0.1) is 0 Å². The molecule has 0 amide bonds. The molecule has 0 heterocycles. The number of methoxy groups -OCH3 is 1. The lowest BCUT2D eigenvalue weighted by Crippen LogP contribution is -2.47. The summed E-state index contributed by atoms with van der Waals surface area (Å²) in [5.41, 5.74) is -0.490. The Labute approximate surface area is 61.8 Å². The van der Waals surface area contributed by atoms with E-state index in [0.717, 1.165) is 0 Å². The Morgan fingerprint density at radius 3 is 2.40 bits per heavy atom. The zero-order chi connectivity index (χ0) is 8.20. The molecule has 62 valence electrons. The van der Waals surface area contributed by atoms with E-state index in [9.17, 15) is 4.39 Å². The Morgan fingerprint density at radius 1 is 1.60 bits per heavy atom. The van der Waals surface area contributed by atoms with Crippen LogP contribution in [-0.4, -0.2) is 32.5 Å². The highest BCUT2D eigenvalue weighted by Crippen LogP contribution is 2.11. The van der Waals surface area contributed by atoms with E-state index in [-0.39, 0.29) is 6.61 Å². The summed E-state index contributed by atoms with van der Waals surface area (Å²) in [5.74, 6) is 0. The molecule has 0 aromatic rings. The maximum absolute atomic E-state index is 13.0. The molecule has 0 aliphatic rings. The first kappa shape index (κ1) is 9.85. The lowest BCUT2D eigenvalue weighted by molar-refractivity contribution is 0.0736. The fourth-order valence-electron chi connectivity index (χ4n) is 0.511. The molecule has 1 N–H and O–H groups in total. The lowest BCUT2D eigenvalue weighted by Gasteiger charge is -2.27. The van der Waals surface area contributed by atoms with E-state index in [2.05, 4.69) is 10.1 Å². The molecule has 0 aliphatic heterocycles. The van der Waals surface area contributed by atoms with Crippen molar-refractivity contribution in [2.24, 2.45) is 0 Å². The highest BCUT2D eigenvalue weighted by molar-refractivity contribution is 4.84. The predicted octanol–water partition coefficient (Wildman–Crippen LogP) is 0.969. The van der Waals surface area contributed by atoms with Crippen LogP contribution in [-0.2, 0) is 4.74 Å². The van der Waals surface area contributed by atoms with Crippen LogP contribution in [0.3, 0.4) is 0 Å². The fourth-order valence-corrected chi connectivity index (χ4v) is 0.511. The molecule has 0 radical (unpaired) electrons. The highest BCUT2D eigenvalue weighted by atomic mass is 19.1. The Hall–Kier alpha value is -0.150. The van der Waals surface area contributed by atoms with E-state index in [1.807, 2.05) is 0 Å². The van der Waals surface area contributed by atoms with Gasteiger partial charge in [0.1, 0.15) is 6.17 Å². The zero-order valence-corrected chi connectivity index (χ0v) is 7.07. The minimum Gasteiger partial charge on any atom is -0.382 e. The van der Waals surface area contributed by atoms with Gasteiger partial charge in [0.2, 0.25) is 0 Å². The molecular weight excluding hydrogens is 133 g/mol. The first-order chi connectivity index (χ1) is 4.54. The third-order valence-corrected chi connectivity index (χ3v) is 1.74. The molecular formula is C7H16FNO. The third-order valence-electron chi connectivity index (χ3n) is 1.74. The van der Waals surface area contributed by atoms with E-state index in [4.69, 9.17) is 0 Å². The Bertz CT molecular complexity index is 95.6. The number of alkyl halides is 1.